The second-order valence-electron chi connectivity index (χ2n) is 4.80. The molecule has 0 aliphatic rings. The second-order valence-corrected chi connectivity index (χ2v) is 5.71. The summed E-state index contributed by atoms with van der Waals surface area (Å²) in [4.78, 5) is 0. The number of halogens is 1. The molecular weight excluding hydrogens is 318 g/mol. The Hall–Kier alpha value is -1.36. The lowest BCUT2D eigenvalue weighted by Gasteiger charge is -2.21. The molecular formula is C16H18BrNO2. The predicted octanol–water partition coefficient (Wildman–Crippen LogP) is 3.37. The number of aliphatic hydroxyl groups is 1. The lowest BCUT2D eigenvalue weighted by atomic mass is 10.0. The van der Waals surface area contributed by atoms with Crippen molar-refractivity contribution in [3.63, 3.8) is 0 Å². The van der Waals surface area contributed by atoms with Crippen molar-refractivity contribution in [1.82, 2.24) is 5.32 Å². The Balaban J connectivity index is 1.98. The van der Waals surface area contributed by atoms with Crippen molar-refractivity contribution in [3.05, 3.63) is 64.1 Å². The van der Waals surface area contributed by atoms with E-state index in [1.54, 1.807) is 12.1 Å². The van der Waals surface area contributed by atoms with Gasteiger partial charge in [0.25, 0.3) is 0 Å². The third-order valence-corrected chi connectivity index (χ3v) is 3.76. The third kappa shape index (κ3) is 3.82. The van der Waals surface area contributed by atoms with E-state index in [9.17, 15) is 10.2 Å². The largest absolute Gasteiger partial charge is 0.508 e. The highest BCUT2D eigenvalue weighted by Crippen LogP contribution is 2.22. The number of aliphatic hydroxyl groups excluding tert-OH is 1. The lowest BCUT2D eigenvalue weighted by molar-refractivity contribution is 0.135. The Bertz CT molecular complexity index is 560. The molecule has 0 fully saturated rings. The zero-order valence-electron chi connectivity index (χ0n) is 11.3. The maximum absolute atomic E-state index is 10.3. The molecule has 0 bridgehead atoms. The van der Waals surface area contributed by atoms with Gasteiger partial charge in [0.2, 0.25) is 0 Å². The number of rotatable bonds is 5. The standard InChI is InChI=1S/C16H18BrNO2/c1-11(16(20)12-5-3-2-4-6-12)18-10-13-9-14(17)7-8-15(13)19/h2-9,11,16,18-20H,10H2,1H3/t11-,16-/m0/s1. The van der Waals surface area contributed by atoms with Crippen LogP contribution in [-0.2, 0) is 6.54 Å². The smallest absolute Gasteiger partial charge is 0.120 e. The molecule has 2 rings (SSSR count). The molecule has 2 aromatic rings. The molecule has 106 valence electrons. The van der Waals surface area contributed by atoms with E-state index < -0.39 is 6.10 Å². The van der Waals surface area contributed by atoms with Crippen molar-refractivity contribution >= 4 is 15.9 Å². The fourth-order valence-corrected chi connectivity index (χ4v) is 2.43. The van der Waals surface area contributed by atoms with E-state index in [1.807, 2.05) is 43.3 Å². The molecule has 0 spiro atoms. The van der Waals surface area contributed by atoms with Gasteiger partial charge in [0.15, 0.2) is 0 Å². The van der Waals surface area contributed by atoms with E-state index in [4.69, 9.17) is 0 Å². The molecule has 0 saturated carbocycles. The molecule has 0 aliphatic heterocycles. The molecule has 0 saturated heterocycles. The summed E-state index contributed by atoms with van der Waals surface area (Å²) in [5, 5.41) is 23.3. The van der Waals surface area contributed by atoms with Gasteiger partial charge >= 0.3 is 0 Å². The summed E-state index contributed by atoms with van der Waals surface area (Å²) in [5.74, 6) is 0.252. The monoisotopic (exact) mass is 335 g/mol. The minimum atomic E-state index is -0.578. The van der Waals surface area contributed by atoms with Crippen molar-refractivity contribution < 1.29 is 10.2 Å². The summed E-state index contributed by atoms with van der Waals surface area (Å²) in [6, 6.07) is 14.7. The number of hydrogen-bond acceptors (Lipinski definition) is 3. The third-order valence-electron chi connectivity index (χ3n) is 3.27. The first-order valence-corrected chi connectivity index (χ1v) is 7.31. The summed E-state index contributed by atoms with van der Waals surface area (Å²) in [7, 11) is 0. The Morgan fingerprint density at radius 2 is 1.85 bits per heavy atom. The van der Waals surface area contributed by atoms with Crippen molar-refractivity contribution in [2.24, 2.45) is 0 Å². The van der Waals surface area contributed by atoms with Crippen molar-refractivity contribution in [1.29, 1.82) is 0 Å². The Morgan fingerprint density at radius 1 is 1.15 bits per heavy atom. The molecule has 2 aromatic carbocycles. The van der Waals surface area contributed by atoms with E-state index in [-0.39, 0.29) is 11.8 Å². The molecule has 0 aromatic heterocycles. The average Bonchev–Trinajstić information content (AvgIpc) is 2.48. The molecule has 0 unspecified atom stereocenters. The molecule has 0 amide bonds. The molecule has 4 heteroatoms. The molecule has 3 N–H and O–H groups in total. The van der Waals surface area contributed by atoms with Crippen LogP contribution in [-0.4, -0.2) is 16.3 Å². The predicted molar refractivity (Wildman–Crippen MR) is 83.5 cm³/mol. The normalized spacial score (nSPS) is 13.9. The van der Waals surface area contributed by atoms with Gasteiger partial charge < -0.3 is 15.5 Å². The summed E-state index contributed by atoms with van der Waals surface area (Å²) in [6.45, 7) is 2.42. The molecule has 0 aliphatic carbocycles. The van der Waals surface area contributed by atoms with Gasteiger partial charge in [0.05, 0.1) is 6.10 Å². The van der Waals surface area contributed by atoms with Gasteiger partial charge in [-0.25, -0.2) is 0 Å². The van der Waals surface area contributed by atoms with Gasteiger partial charge in [0.1, 0.15) is 5.75 Å². The van der Waals surface area contributed by atoms with Crippen LogP contribution in [0.2, 0.25) is 0 Å². The van der Waals surface area contributed by atoms with Crippen LogP contribution in [0.1, 0.15) is 24.2 Å². The summed E-state index contributed by atoms with van der Waals surface area (Å²) in [6.07, 6.45) is -0.578. The van der Waals surface area contributed by atoms with Gasteiger partial charge in [0, 0.05) is 22.6 Å². The quantitative estimate of drug-likeness (QED) is 0.785. The maximum atomic E-state index is 10.3. The molecule has 3 nitrogen and oxygen atoms in total. The number of phenolic OH excluding ortho intramolecular Hbond substituents is 1. The van der Waals surface area contributed by atoms with E-state index in [0.717, 1.165) is 15.6 Å². The van der Waals surface area contributed by atoms with Crippen LogP contribution in [0, 0.1) is 0 Å². The molecule has 0 radical (unpaired) electrons. The van der Waals surface area contributed by atoms with E-state index in [2.05, 4.69) is 21.2 Å². The first-order chi connectivity index (χ1) is 9.58. The van der Waals surface area contributed by atoms with E-state index >= 15 is 0 Å². The van der Waals surface area contributed by atoms with Crippen molar-refractivity contribution in [2.45, 2.75) is 25.6 Å². The van der Waals surface area contributed by atoms with E-state index in [1.165, 1.54) is 0 Å². The SMILES string of the molecule is C[C@H](NCc1cc(Br)ccc1O)[C@H](O)c1ccccc1. The van der Waals surface area contributed by atoms with Gasteiger partial charge in [-0.3, -0.25) is 0 Å². The molecule has 0 heterocycles. The van der Waals surface area contributed by atoms with Crippen LogP contribution in [0.15, 0.2) is 53.0 Å². The number of benzene rings is 2. The number of aromatic hydroxyl groups is 1. The zero-order chi connectivity index (χ0) is 14.5. The minimum Gasteiger partial charge on any atom is -0.508 e. The van der Waals surface area contributed by atoms with Crippen LogP contribution < -0.4 is 5.32 Å². The van der Waals surface area contributed by atoms with Gasteiger partial charge in [-0.15, -0.1) is 0 Å². The fraction of sp³-hybridized carbons (Fsp3) is 0.250. The minimum absolute atomic E-state index is 0.115. The summed E-state index contributed by atoms with van der Waals surface area (Å²) < 4.78 is 0.920. The van der Waals surface area contributed by atoms with Crippen molar-refractivity contribution in [2.75, 3.05) is 0 Å². The second kappa shape index (κ2) is 6.88. The molecule has 2 atom stereocenters. The fourth-order valence-electron chi connectivity index (χ4n) is 2.02. The highest BCUT2D eigenvalue weighted by atomic mass is 79.9. The Labute approximate surface area is 127 Å². The van der Waals surface area contributed by atoms with Crippen LogP contribution in [0.25, 0.3) is 0 Å². The van der Waals surface area contributed by atoms with Crippen molar-refractivity contribution in [3.8, 4) is 5.75 Å². The number of nitrogens with one attached hydrogen (secondary N) is 1. The van der Waals surface area contributed by atoms with Gasteiger partial charge in [-0.1, -0.05) is 46.3 Å². The lowest BCUT2D eigenvalue weighted by Crippen LogP contribution is -2.31. The number of hydrogen-bond donors (Lipinski definition) is 3. The van der Waals surface area contributed by atoms with Crippen LogP contribution >= 0.6 is 15.9 Å². The average molecular weight is 336 g/mol. The molecule has 20 heavy (non-hydrogen) atoms. The Morgan fingerprint density at radius 3 is 2.55 bits per heavy atom. The highest BCUT2D eigenvalue weighted by Gasteiger charge is 2.16. The maximum Gasteiger partial charge on any atom is 0.120 e. The van der Waals surface area contributed by atoms with Crippen LogP contribution in [0.5, 0.6) is 5.75 Å². The zero-order valence-corrected chi connectivity index (χ0v) is 12.8. The van der Waals surface area contributed by atoms with E-state index in [0.29, 0.717) is 6.54 Å². The highest BCUT2D eigenvalue weighted by molar-refractivity contribution is 9.10. The summed E-state index contributed by atoms with van der Waals surface area (Å²) >= 11 is 3.38. The van der Waals surface area contributed by atoms with Gasteiger partial charge in [-0.05, 0) is 30.7 Å². The first kappa shape index (κ1) is 15.0. The van der Waals surface area contributed by atoms with Crippen LogP contribution in [0.3, 0.4) is 0 Å². The van der Waals surface area contributed by atoms with Gasteiger partial charge in [-0.2, -0.15) is 0 Å². The number of phenols is 1. The summed E-state index contributed by atoms with van der Waals surface area (Å²) in [5.41, 5.74) is 1.68. The van der Waals surface area contributed by atoms with Crippen LogP contribution in [0.4, 0.5) is 0 Å². The topological polar surface area (TPSA) is 52.5 Å². The Kier molecular flexibility index (Phi) is 5.17. The first-order valence-electron chi connectivity index (χ1n) is 6.51.